The quantitative estimate of drug-likeness (QED) is 0.0809. The SMILES string of the molecule is COc1cccc(CCc2cc(Oc3cccc(CCc4cccc(Oc5cc(CCc6cccc(OC)c6)c(OC)cc5OC)c4)c3)c(OC)cc2OC)c1. The third-order valence-corrected chi connectivity index (χ3v) is 9.72. The van der Waals surface area contributed by atoms with Crippen LogP contribution in [0.5, 0.6) is 57.5 Å². The highest BCUT2D eigenvalue weighted by molar-refractivity contribution is 5.54. The number of ether oxygens (including phenoxy) is 8. The molecule has 0 unspecified atom stereocenters. The molecule has 0 atom stereocenters. The van der Waals surface area contributed by atoms with Crippen molar-refractivity contribution in [2.24, 2.45) is 0 Å². The normalized spacial score (nSPS) is 10.8. The highest BCUT2D eigenvalue weighted by Gasteiger charge is 2.16. The summed E-state index contributed by atoms with van der Waals surface area (Å²) in [5, 5.41) is 0. The molecule has 6 aromatic rings. The van der Waals surface area contributed by atoms with Gasteiger partial charge >= 0.3 is 0 Å². The zero-order chi connectivity index (χ0) is 39.3. The fourth-order valence-electron chi connectivity index (χ4n) is 6.70. The van der Waals surface area contributed by atoms with Gasteiger partial charge in [0.25, 0.3) is 0 Å². The molecule has 0 N–H and O–H groups in total. The summed E-state index contributed by atoms with van der Waals surface area (Å²) in [6.07, 6.45) is 4.78. The van der Waals surface area contributed by atoms with E-state index in [2.05, 4.69) is 48.5 Å². The average molecular weight is 755 g/mol. The summed E-state index contributed by atoms with van der Waals surface area (Å²) in [5.74, 6) is 7.13. The third-order valence-electron chi connectivity index (χ3n) is 9.72. The van der Waals surface area contributed by atoms with E-state index in [0.29, 0.717) is 23.0 Å². The third kappa shape index (κ3) is 10.3. The first-order valence-electron chi connectivity index (χ1n) is 18.7. The summed E-state index contributed by atoms with van der Waals surface area (Å²) in [6, 6.07) is 40.4. The van der Waals surface area contributed by atoms with E-state index >= 15 is 0 Å². The molecule has 6 rings (SSSR count). The first kappa shape index (κ1) is 39.4. The Bertz CT molecular complexity index is 2050. The maximum atomic E-state index is 6.46. The lowest BCUT2D eigenvalue weighted by atomic mass is 10.0. The van der Waals surface area contributed by atoms with Crippen LogP contribution in [0.25, 0.3) is 0 Å². The van der Waals surface area contributed by atoms with Gasteiger partial charge in [0, 0.05) is 12.1 Å². The Kier molecular flexibility index (Phi) is 13.6. The maximum absolute atomic E-state index is 6.46. The molecule has 290 valence electrons. The van der Waals surface area contributed by atoms with Gasteiger partial charge in [-0.25, -0.2) is 0 Å². The molecule has 0 bridgehead atoms. The lowest BCUT2D eigenvalue weighted by molar-refractivity contribution is 0.366. The molecule has 0 aliphatic heterocycles. The van der Waals surface area contributed by atoms with Crippen molar-refractivity contribution < 1.29 is 37.9 Å². The lowest BCUT2D eigenvalue weighted by Crippen LogP contribution is -2.00. The second-order valence-electron chi connectivity index (χ2n) is 13.3. The summed E-state index contributed by atoms with van der Waals surface area (Å²) in [6.45, 7) is 0. The van der Waals surface area contributed by atoms with Gasteiger partial charge in [-0.05, 0) is 133 Å². The van der Waals surface area contributed by atoms with Crippen molar-refractivity contribution >= 4 is 0 Å². The summed E-state index contributed by atoms with van der Waals surface area (Å²) in [5.41, 5.74) is 6.72. The van der Waals surface area contributed by atoms with Crippen molar-refractivity contribution in [1.82, 2.24) is 0 Å². The summed E-state index contributed by atoms with van der Waals surface area (Å²) < 4.78 is 46.6. The molecule has 0 radical (unpaired) electrons. The molecule has 0 saturated heterocycles. The average Bonchev–Trinajstić information content (AvgIpc) is 3.24. The minimum absolute atomic E-state index is 0.603. The van der Waals surface area contributed by atoms with E-state index in [1.54, 1.807) is 42.7 Å². The Morgan fingerprint density at radius 1 is 0.286 bits per heavy atom. The summed E-state index contributed by atoms with van der Waals surface area (Å²) in [4.78, 5) is 0. The maximum Gasteiger partial charge on any atom is 0.169 e. The molecule has 0 spiro atoms. The number of hydrogen-bond acceptors (Lipinski definition) is 8. The van der Waals surface area contributed by atoms with Crippen LogP contribution >= 0.6 is 0 Å². The largest absolute Gasteiger partial charge is 0.497 e. The first-order chi connectivity index (χ1) is 27.4. The Hall–Kier alpha value is -6.28. The minimum Gasteiger partial charge on any atom is -0.497 e. The number of rotatable bonds is 19. The Balaban J connectivity index is 1.12. The van der Waals surface area contributed by atoms with Crippen LogP contribution in [0.2, 0.25) is 0 Å². The molecule has 0 saturated carbocycles. The van der Waals surface area contributed by atoms with E-state index in [1.807, 2.05) is 72.8 Å². The lowest BCUT2D eigenvalue weighted by Gasteiger charge is -2.16. The van der Waals surface area contributed by atoms with Crippen molar-refractivity contribution in [2.45, 2.75) is 38.5 Å². The van der Waals surface area contributed by atoms with Gasteiger partial charge in [-0.3, -0.25) is 0 Å². The summed E-state index contributed by atoms with van der Waals surface area (Å²) >= 11 is 0. The molecule has 0 fully saturated rings. The van der Waals surface area contributed by atoms with Gasteiger partial charge in [0.05, 0.1) is 42.7 Å². The molecule has 6 aromatic carbocycles. The second kappa shape index (κ2) is 19.4. The van der Waals surface area contributed by atoms with Crippen LogP contribution in [0.4, 0.5) is 0 Å². The van der Waals surface area contributed by atoms with E-state index < -0.39 is 0 Å². The monoisotopic (exact) mass is 754 g/mol. The van der Waals surface area contributed by atoms with Crippen molar-refractivity contribution in [3.8, 4) is 57.5 Å². The smallest absolute Gasteiger partial charge is 0.169 e. The second-order valence-corrected chi connectivity index (χ2v) is 13.3. The topological polar surface area (TPSA) is 73.8 Å². The molecule has 0 aliphatic rings. The van der Waals surface area contributed by atoms with Crippen LogP contribution < -0.4 is 37.9 Å². The highest BCUT2D eigenvalue weighted by atomic mass is 16.5. The first-order valence-corrected chi connectivity index (χ1v) is 18.7. The fourth-order valence-corrected chi connectivity index (χ4v) is 6.70. The van der Waals surface area contributed by atoms with Gasteiger partial charge in [0.1, 0.15) is 34.5 Å². The van der Waals surface area contributed by atoms with Crippen LogP contribution in [0.1, 0.15) is 33.4 Å². The molecule has 0 aromatic heterocycles. The van der Waals surface area contributed by atoms with E-state index in [1.165, 1.54) is 11.1 Å². The molecule has 0 heterocycles. The van der Waals surface area contributed by atoms with E-state index in [9.17, 15) is 0 Å². The number of aryl methyl sites for hydroxylation is 6. The van der Waals surface area contributed by atoms with Gasteiger partial charge in [-0.15, -0.1) is 0 Å². The van der Waals surface area contributed by atoms with E-state index in [-0.39, 0.29) is 0 Å². The zero-order valence-corrected chi connectivity index (χ0v) is 33.1. The predicted molar refractivity (Wildman–Crippen MR) is 220 cm³/mol. The number of hydrogen-bond donors (Lipinski definition) is 0. The van der Waals surface area contributed by atoms with Gasteiger partial charge in [0.15, 0.2) is 23.0 Å². The Labute approximate surface area is 330 Å². The molecule has 8 heteroatoms. The van der Waals surface area contributed by atoms with Gasteiger partial charge in [0.2, 0.25) is 0 Å². The predicted octanol–water partition coefficient (Wildman–Crippen LogP) is 10.7. The Morgan fingerprint density at radius 2 is 0.607 bits per heavy atom. The van der Waals surface area contributed by atoms with Crippen molar-refractivity contribution in [3.05, 3.63) is 155 Å². The van der Waals surface area contributed by atoms with Crippen molar-refractivity contribution in [2.75, 3.05) is 42.7 Å². The standard InChI is InChI=1S/C48H50O8/c1-49-39-15-7-11-35(25-39)21-23-37-29-47(45(53-5)31-43(37)51-3)55-41-17-9-13-33(27-41)19-20-34-14-10-18-42(28-34)56-48-30-38(44(52-4)32-46(48)54-6)24-22-36-12-8-16-40(26-36)50-2/h7-18,25-32H,19-24H2,1-6H3. The zero-order valence-electron chi connectivity index (χ0n) is 33.1. The molecular weight excluding hydrogens is 705 g/mol. The van der Waals surface area contributed by atoms with E-state index in [4.69, 9.17) is 37.9 Å². The fraction of sp³-hybridized carbons (Fsp3) is 0.250. The summed E-state index contributed by atoms with van der Waals surface area (Å²) in [7, 11) is 9.99. The number of methoxy groups -OCH3 is 6. The van der Waals surface area contributed by atoms with Crippen LogP contribution in [-0.4, -0.2) is 42.7 Å². The van der Waals surface area contributed by atoms with Crippen molar-refractivity contribution in [1.29, 1.82) is 0 Å². The van der Waals surface area contributed by atoms with Crippen LogP contribution in [0.3, 0.4) is 0 Å². The van der Waals surface area contributed by atoms with Crippen LogP contribution in [-0.2, 0) is 38.5 Å². The minimum atomic E-state index is 0.603. The van der Waals surface area contributed by atoms with Crippen LogP contribution in [0, 0.1) is 0 Å². The van der Waals surface area contributed by atoms with Gasteiger partial charge in [-0.1, -0.05) is 48.5 Å². The van der Waals surface area contributed by atoms with E-state index in [0.717, 1.165) is 95.3 Å². The van der Waals surface area contributed by atoms with Crippen molar-refractivity contribution in [3.63, 3.8) is 0 Å². The molecular formula is C48H50O8. The molecule has 0 aliphatic carbocycles. The molecule has 8 nitrogen and oxygen atoms in total. The number of benzene rings is 6. The molecule has 0 amide bonds. The van der Waals surface area contributed by atoms with Gasteiger partial charge in [-0.2, -0.15) is 0 Å². The van der Waals surface area contributed by atoms with Gasteiger partial charge < -0.3 is 37.9 Å². The highest BCUT2D eigenvalue weighted by Crippen LogP contribution is 2.40. The molecule has 56 heavy (non-hydrogen) atoms. The van der Waals surface area contributed by atoms with Crippen LogP contribution in [0.15, 0.2) is 121 Å². The Morgan fingerprint density at radius 3 is 0.946 bits per heavy atom.